The van der Waals surface area contributed by atoms with Gasteiger partial charge in [0.25, 0.3) is 0 Å². The summed E-state index contributed by atoms with van der Waals surface area (Å²) in [5.74, 6) is -1.44. The minimum Gasteiger partial charge on any atom is -0.480 e. The molecule has 0 aromatic heterocycles. The summed E-state index contributed by atoms with van der Waals surface area (Å²) >= 11 is 4.74. The Bertz CT molecular complexity index is 994. The van der Waals surface area contributed by atoms with Crippen LogP contribution in [0.1, 0.15) is 37.8 Å². The monoisotopic (exact) mass is 561 g/mol. The maximum Gasteiger partial charge on any atom is 0.326 e. The third-order valence-electron chi connectivity index (χ3n) is 7.09. The first-order valence-electron chi connectivity index (χ1n) is 11.9. The second-order valence-electron chi connectivity index (χ2n) is 9.49. The van der Waals surface area contributed by atoms with Gasteiger partial charge in [0.15, 0.2) is 5.78 Å². The summed E-state index contributed by atoms with van der Waals surface area (Å²) in [4.78, 5) is 42.3. The first kappa shape index (κ1) is 30.6. The fourth-order valence-corrected chi connectivity index (χ4v) is 5.11. The van der Waals surface area contributed by atoms with Crippen molar-refractivity contribution in [3.63, 3.8) is 0 Å². The number of aliphatic carboxylic acids is 1. The summed E-state index contributed by atoms with van der Waals surface area (Å²) < 4.78 is 14.7. The van der Waals surface area contributed by atoms with E-state index in [1.165, 1.54) is 17.9 Å². The van der Waals surface area contributed by atoms with Gasteiger partial charge < -0.3 is 10.0 Å². The van der Waals surface area contributed by atoms with Crippen molar-refractivity contribution in [1.29, 1.82) is 0 Å². The highest BCUT2D eigenvalue weighted by Gasteiger charge is 2.41. The third-order valence-corrected chi connectivity index (χ3v) is 7.68. The average Bonchev–Trinajstić information content (AvgIpc) is 3.65. The number of carboxylic acid groups (broad SMARTS) is 1. The lowest BCUT2D eigenvalue weighted by Gasteiger charge is -2.38. The zero-order chi connectivity index (χ0) is 24.4. The molecule has 2 saturated heterocycles. The number of thiol groups is 1. The lowest BCUT2D eigenvalue weighted by Crippen LogP contribution is -2.55. The number of carboxylic acids is 1. The van der Waals surface area contributed by atoms with E-state index in [0.29, 0.717) is 38.3 Å². The highest BCUT2D eigenvalue weighted by atomic mass is 35.5. The Balaban J connectivity index is 0.00000228. The van der Waals surface area contributed by atoms with Crippen LogP contribution >= 0.6 is 37.4 Å². The Kier molecular flexibility index (Phi) is 11.2. The van der Waals surface area contributed by atoms with E-state index in [1.54, 1.807) is 18.2 Å². The van der Waals surface area contributed by atoms with Crippen molar-refractivity contribution in [3.8, 4) is 0 Å². The van der Waals surface area contributed by atoms with Crippen molar-refractivity contribution in [2.45, 2.75) is 43.5 Å². The molecular formula is C25H34Cl2FN3O4S. The predicted molar refractivity (Wildman–Crippen MR) is 144 cm³/mol. The van der Waals surface area contributed by atoms with E-state index in [0.717, 1.165) is 24.8 Å². The lowest BCUT2D eigenvalue weighted by atomic mass is 9.93. The van der Waals surface area contributed by atoms with Crippen LogP contribution in [0.3, 0.4) is 0 Å². The van der Waals surface area contributed by atoms with Crippen LogP contribution < -0.4 is 0 Å². The highest BCUT2D eigenvalue weighted by Crippen LogP contribution is 2.39. The number of benzene rings is 1. The number of Topliss-reactive ketones (excluding diaryl/α,β-unsaturated/α-hetero) is 1. The molecule has 200 valence electrons. The minimum absolute atomic E-state index is 0. The molecule has 3 aliphatic rings. The second-order valence-corrected chi connectivity index (χ2v) is 10.1. The molecular weight excluding hydrogens is 528 g/mol. The first-order chi connectivity index (χ1) is 16.3. The topological polar surface area (TPSA) is 81.2 Å². The van der Waals surface area contributed by atoms with Gasteiger partial charge in [0, 0.05) is 49.5 Å². The summed E-state index contributed by atoms with van der Waals surface area (Å²) in [6.07, 6.45) is 4.56. The van der Waals surface area contributed by atoms with E-state index < -0.39 is 18.1 Å². The number of piperazine rings is 1. The van der Waals surface area contributed by atoms with E-state index in [4.69, 9.17) is 12.6 Å². The summed E-state index contributed by atoms with van der Waals surface area (Å²) in [6.45, 7) is 4.38. The summed E-state index contributed by atoms with van der Waals surface area (Å²) in [7, 11) is 0. The molecule has 0 radical (unpaired) electrons. The van der Waals surface area contributed by atoms with Crippen molar-refractivity contribution in [1.82, 2.24) is 14.7 Å². The quantitative estimate of drug-likeness (QED) is 0.374. The average molecular weight is 563 g/mol. The minimum atomic E-state index is -1.01. The molecule has 3 unspecified atom stereocenters. The van der Waals surface area contributed by atoms with Crippen LogP contribution in [0.5, 0.6) is 0 Å². The van der Waals surface area contributed by atoms with Crippen LogP contribution in [0.25, 0.3) is 0 Å². The Morgan fingerprint density at radius 3 is 2.44 bits per heavy atom. The third kappa shape index (κ3) is 7.01. The Hall–Kier alpha value is -1.65. The molecule has 0 bridgehead atoms. The molecule has 3 fully saturated rings. The molecule has 36 heavy (non-hydrogen) atoms. The van der Waals surface area contributed by atoms with Gasteiger partial charge in [-0.1, -0.05) is 24.3 Å². The maximum absolute atomic E-state index is 14.7. The van der Waals surface area contributed by atoms with Gasteiger partial charge in [-0.15, -0.1) is 24.8 Å². The predicted octanol–water partition coefficient (Wildman–Crippen LogP) is 3.24. The molecule has 1 aromatic rings. The number of carbonyl (C=O) groups excluding carboxylic acids is 2. The number of amides is 1. The lowest BCUT2D eigenvalue weighted by molar-refractivity contribution is -0.152. The first-order valence-corrected chi connectivity index (χ1v) is 12.4. The zero-order valence-corrected chi connectivity index (χ0v) is 22.7. The zero-order valence-electron chi connectivity index (χ0n) is 20.2. The molecule has 4 rings (SSSR count). The normalized spacial score (nSPS) is 24.0. The molecule has 1 N–H and O–H groups in total. The molecule has 3 atom stereocenters. The smallest absolute Gasteiger partial charge is 0.326 e. The number of nitrogens with zero attached hydrogens (tertiary/aromatic N) is 3. The number of likely N-dealkylation sites (tertiary alicyclic amines) is 1. The van der Waals surface area contributed by atoms with E-state index in [-0.39, 0.29) is 60.0 Å². The highest BCUT2D eigenvalue weighted by molar-refractivity contribution is 7.81. The second kappa shape index (κ2) is 13.2. The Morgan fingerprint density at radius 1 is 1.14 bits per heavy atom. The van der Waals surface area contributed by atoms with Gasteiger partial charge in [-0.3, -0.25) is 19.4 Å². The molecule has 2 aliphatic heterocycles. The number of carbonyl (C=O) groups is 3. The van der Waals surface area contributed by atoms with Crippen molar-refractivity contribution in [2.24, 2.45) is 5.92 Å². The van der Waals surface area contributed by atoms with E-state index >= 15 is 0 Å². The van der Waals surface area contributed by atoms with Gasteiger partial charge in [-0.2, -0.15) is 12.6 Å². The number of hydrogen-bond donors (Lipinski definition) is 2. The molecule has 7 nitrogen and oxygen atoms in total. The van der Waals surface area contributed by atoms with Crippen LogP contribution in [-0.2, 0) is 14.4 Å². The van der Waals surface area contributed by atoms with Gasteiger partial charge in [0.05, 0.1) is 12.6 Å². The number of piperidine rings is 1. The van der Waals surface area contributed by atoms with Crippen LogP contribution in [0.15, 0.2) is 35.9 Å². The van der Waals surface area contributed by atoms with Crippen LogP contribution in [-0.4, -0.2) is 88.0 Å². The van der Waals surface area contributed by atoms with Gasteiger partial charge in [0.2, 0.25) is 5.91 Å². The van der Waals surface area contributed by atoms with Gasteiger partial charge in [-0.25, -0.2) is 9.18 Å². The molecule has 0 spiro atoms. The fourth-order valence-electron chi connectivity index (χ4n) is 4.81. The summed E-state index contributed by atoms with van der Waals surface area (Å²) in [5, 5.41) is 9.23. The van der Waals surface area contributed by atoms with Gasteiger partial charge >= 0.3 is 5.97 Å². The number of rotatable bonds is 8. The molecule has 11 heteroatoms. The number of hydrogen-bond acceptors (Lipinski definition) is 6. The van der Waals surface area contributed by atoms with E-state index in [1.807, 2.05) is 4.90 Å². The van der Waals surface area contributed by atoms with Crippen LogP contribution in [0.2, 0.25) is 0 Å². The Morgan fingerprint density at radius 2 is 1.83 bits per heavy atom. The van der Waals surface area contributed by atoms with Crippen LogP contribution in [0.4, 0.5) is 4.39 Å². The van der Waals surface area contributed by atoms with Gasteiger partial charge in [-0.05, 0) is 37.8 Å². The van der Waals surface area contributed by atoms with E-state index in [2.05, 4.69) is 11.0 Å². The standard InChI is InChI=1S/C25H32FN3O4S.2ClH/c1-16(25(32)33)29-13-12-27(15-22(29)30)10-8-18-14-28(11-9-21(18)34)23(24(31)17-6-7-17)19-4-2-3-5-20(19)26;;/h2-5,8,16-17,21,23,34H,6-7,9-15H2,1H3,(H,32,33);2*1H/b18-8-;;. The summed E-state index contributed by atoms with van der Waals surface area (Å²) in [6, 6.07) is 5.10. The maximum atomic E-state index is 14.7. The van der Waals surface area contributed by atoms with Crippen molar-refractivity contribution < 1.29 is 23.9 Å². The van der Waals surface area contributed by atoms with Crippen LogP contribution in [0, 0.1) is 11.7 Å². The fraction of sp³-hybridized carbons (Fsp3) is 0.560. The Labute approximate surface area is 229 Å². The molecule has 1 aliphatic carbocycles. The number of halogens is 3. The number of ketones is 1. The molecule has 1 amide bonds. The van der Waals surface area contributed by atoms with Crippen molar-refractivity contribution in [3.05, 3.63) is 47.3 Å². The van der Waals surface area contributed by atoms with Crippen molar-refractivity contribution in [2.75, 3.05) is 39.3 Å². The van der Waals surface area contributed by atoms with E-state index in [9.17, 15) is 23.9 Å². The molecule has 1 saturated carbocycles. The SMILES string of the molecule is CC(C(=O)O)N1CCN(C/C=C2/CN(C(C(=O)C3CC3)c3ccccc3F)CCC2S)CC1=O.Cl.Cl. The van der Waals surface area contributed by atoms with Crippen molar-refractivity contribution >= 4 is 55.1 Å². The molecule has 1 aromatic carbocycles. The summed E-state index contributed by atoms with van der Waals surface area (Å²) in [5.41, 5.74) is 1.50. The van der Waals surface area contributed by atoms with Gasteiger partial charge in [0.1, 0.15) is 11.9 Å². The largest absolute Gasteiger partial charge is 0.480 e. The molecule has 2 heterocycles.